The van der Waals surface area contributed by atoms with E-state index in [-0.39, 0.29) is 16.6 Å². The first-order chi connectivity index (χ1) is 8.91. The van der Waals surface area contributed by atoms with Crippen LogP contribution >= 0.6 is 11.6 Å². The predicted molar refractivity (Wildman–Crippen MR) is 75.8 cm³/mol. The van der Waals surface area contributed by atoms with Crippen molar-refractivity contribution in [3.05, 3.63) is 36.4 Å². The van der Waals surface area contributed by atoms with Gasteiger partial charge in [0, 0.05) is 5.39 Å². The minimum Gasteiger partial charge on any atom is -0.386 e. The first-order valence-corrected chi connectivity index (χ1v) is 7.28. The second-order valence-electron chi connectivity index (χ2n) is 3.87. The van der Waals surface area contributed by atoms with Gasteiger partial charge >= 0.3 is 0 Å². The molecule has 0 bridgehead atoms. The molecule has 0 atom stereocenters. The Balaban J connectivity index is 2.72. The van der Waals surface area contributed by atoms with Crippen LogP contribution in [0.25, 0.3) is 10.8 Å². The Morgan fingerprint density at radius 2 is 2.05 bits per heavy atom. The fourth-order valence-electron chi connectivity index (χ4n) is 1.68. The van der Waals surface area contributed by atoms with E-state index in [1.54, 1.807) is 24.3 Å². The van der Waals surface area contributed by atoms with E-state index >= 15 is 0 Å². The summed E-state index contributed by atoms with van der Waals surface area (Å²) in [5.41, 5.74) is 6.07. The molecule has 0 fully saturated rings. The highest BCUT2D eigenvalue weighted by Gasteiger charge is 2.11. The van der Waals surface area contributed by atoms with E-state index in [0.29, 0.717) is 11.1 Å². The molecule has 0 aliphatic rings. The average molecular weight is 299 g/mol. The number of aliphatic imine (C=N–C) groups is 1. The van der Waals surface area contributed by atoms with Crippen molar-refractivity contribution in [3.63, 3.8) is 0 Å². The minimum absolute atomic E-state index is 0.0778. The van der Waals surface area contributed by atoms with Gasteiger partial charge in [-0.3, -0.25) is 4.55 Å². The van der Waals surface area contributed by atoms with Crippen LogP contribution in [-0.2, 0) is 10.1 Å². The van der Waals surface area contributed by atoms with Gasteiger partial charge in [-0.15, -0.1) is 11.6 Å². The zero-order chi connectivity index (χ0) is 14.0. The lowest BCUT2D eigenvalue weighted by molar-refractivity contribution is 0.483. The predicted octanol–water partition coefficient (Wildman–Crippen LogP) is 2.31. The highest BCUT2D eigenvalue weighted by Crippen LogP contribution is 2.28. The van der Waals surface area contributed by atoms with Crippen LogP contribution in [0.2, 0.25) is 0 Å². The second-order valence-corrected chi connectivity index (χ2v) is 5.56. The smallest absolute Gasteiger partial charge is 0.294 e. The number of benzene rings is 2. The first kappa shape index (κ1) is 13.8. The monoisotopic (exact) mass is 298 g/mol. The van der Waals surface area contributed by atoms with E-state index in [1.165, 1.54) is 12.1 Å². The Hall–Kier alpha value is -1.63. The van der Waals surface area contributed by atoms with Crippen molar-refractivity contribution in [2.45, 2.75) is 4.90 Å². The molecule has 0 saturated heterocycles. The molecule has 2 rings (SSSR count). The summed E-state index contributed by atoms with van der Waals surface area (Å²) in [5.74, 6) is 0.306. The molecule has 0 aromatic heterocycles. The van der Waals surface area contributed by atoms with Gasteiger partial charge in [-0.2, -0.15) is 8.42 Å². The van der Waals surface area contributed by atoms with Crippen LogP contribution in [0.15, 0.2) is 46.3 Å². The summed E-state index contributed by atoms with van der Waals surface area (Å²) in [6, 6.07) is 9.54. The molecule has 7 heteroatoms. The molecule has 0 radical (unpaired) electrons. The van der Waals surface area contributed by atoms with Crippen molar-refractivity contribution < 1.29 is 13.0 Å². The van der Waals surface area contributed by atoms with Gasteiger partial charge < -0.3 is 5.73 Å². The lowest BCUT2D eigenvalue weighted by Gasteiger charge is -2.05. The van der Waals surface area contributed by atoms with E-state index < -0.39 is 10.1 Å². The summed E-state index contributed by atoms with van der Waals surface area (Å²) in [6.07, 6.45) is 0. The quantitative estimate of drug-likeness (QED) is 0.393. The normalized spacial score (nSPS) is 12.8. The molecule has 0 saturated carbocycles. The third-order valence-corrected chi connectivity index (χ3v) is 3.65. The van der Waals surface area contributed by atoms with Gasteiger partial charge in [0.1, 0.15) is 5.84 Å². The summed E-state index contributed by atoms with van der Waals surface area (Å²) in [5, 5.41) is 1.36. The Kier molecular flexibility index (Phi) is 3.75. The third kappa shape index (κ3) is 3.04. The lowest BCUT2D eigenvalue weighted by Crippen LogP contribution is -2.12. The van der Waals surface area contributed by atoms with E-state index in [4.69, 9.17) is 21.9 Å². The molecule has 0 heterocycles. The van der Waals surface area contributed by atoms with Crippen LogP contribution < -0.4 is 5.73 Å². The Bertz CT molecular complexity index is 757. The molecule has 5 nitrogen and oxygen atoms in total. The second kappa shape index (κ2) is 5.16. The van der Waals surface area contributed by atoms with Gasteiger partial charge in [-0.1, -0.05) is 18.2 Å². The molecule has 0 aliphatic heterocycles. The van der Waals surface area contributed by atoms with Gasteiger partial charge in [-0.05, 0) is 23.6 Å². The number of amidine groups is 1. The Morgan fingerprint density at radius 3 is 2.68 bits per heavy atom. The Labute approximate surface area is 115 Å². The fraction of sp³-hybridized carbons (Fsp3) is 0.0833. The van der Waals surface area contributed by atoms with Crippen LogP contribution in [0.4, 0.5) is 5.69 Å². The van der Waals surface area contributed by atoms with Crippen LogP contribution in [0, 0.1) is 0 Å². The number of nitrogens with zero attached hydrogens (tertiary/aromatic N) is 1. The maximum atomic E-state index is 11.1. The topological polar surface area (TPSA) is 92.8 Å². The van der Waals surface area contributed by atoms with Crippen molar-refractivity contribution in [3.8, 4) is 0 Å². The molecule has 19 heavy (non-hydrogen) atoms. The largest absolute Gasteiger partial charge is 0.386 e. The van der Waals surface area contributed by atoms with Crippen LogP contribution in [0.5, 0.6) is 0 Å². The molecule has 3 N–H and O–H groups in total. The van der Waals surface area contributed by atoms with E-state index in [1.807, 2.05) is 0 Å². The summed E-state index contributed by atoms with van der Waals surface area (Å²) in [4.78, 5) is 3.93. The number of hydrogen-bond donors (Lipinski definition) is 2. The minimum atomic E-state index is -4.25. The summed E-state index contributed by atoms with van der Waals surface area (Å²) in [6.45, 7) is 0. The zero-order valence-corrected chi connectivity index (χ0v) is 11.3. The fourth-order valence-corrected chi connectivity index (χ4v) is 2.24. The molecule has 0 spiro atoms. The number of rotatable bonds is 3. The average Bonchev–Trinajstić information content (AvgIpc) is 2.37. The van der Waals surface area contributed by atoms with Crippen molar-refractivity contribution in [2.24, 2.45) is 10.7 Å². The van der Waals surface area contributed by atoms with Crippen molar-refractivity contribution in [1.29, 1.82) is 0 Å². The number of nitrogens with two attached hydrogens (primary N) is 1. The van der Waals surface area contributed by atoms with Gasteiger partial charge in [0.05, 0.1) is 16.5 Å². The van der Waals surface area contributed by atoms with Crippen molar-refractivity contribution >= 4 is 44.0 Å². The number of fused-ring (bicyclic) bond motifs is 1. The molecular weight excluding hydrogens is 288 g/mol. The molecular formula is C12H11ClN2O3S. The van der Waals surface area contributed by atoms with E-state index in [2.05, 4.69) is 4.99 Å². The Morgan fingerprint density at radius 1 is 1.32 bits per heavy atom. The first-order valence-electron chi connectivity index (χ1n) is 5.31. The van der Waals surface area contributed by atoms with E-state index in [9.17, 15) is 8.42 Å². The maximum absolute atomic E-state index is 11.1. The SMILES string of the molecule is NC(CCl)=Nc1cccc2ccc(S(=O)(=O)O)cc12. The summed E-state index contributed by atoms with van der Waals surface area (Å²) < 4.78 is 31.3. The highest BCUT2D eigenvalue weighted by molar-refractivity contribution is 7.85. The summed E-state index contributed by atoms with van der Waals surface area (Å²) >= 11 is 5.57. The van der Waals surface area contributed by atoms with Gasteiger partial charge in [0.25, 0.3) is 10.1 Å². The third-order valence-electron chi connectivity index (χ3n) is 2.53. The molecule has 100 valence electrons. The van der Waals surface area contributed by atoms with Gasteiger partial charge in [-0.25, -0.2) is 4.99 Å². The molecule has 0 aliphatic carbocycles. The molecule has 0 unspecified atom stereocenters. The van der Waals surface area contributed by atoms with Crippen LogP contribution in [0.1, 0.15) is 0 Å². The zero-order valence-electron chi connectivity index (χ0n) is 9.75. The summed E-state index contributed by atoms with van der Waals surface area (Å²) in [7, 11) is -4.25. The lowest BCUT2D eigenvalue weighted by atomic mass is 10.1. The van der Waals surface area contributed by atoms with Crippen molar-refractivity contribution in [1.82, 2.24) is 0 Å². The van der Waals surface area contributed by atoms with Crippen molar-refractivity contribution in [2.75, 3.05) is 5.88 Å². The van der Waals surface area contributed by atoms with Crippen LogP contribution in [0.3, 0.4) is 0 Å². The molecule has 0 amide bonds. The van der Waals surface area contributed by atoms with Crippen LogP contribution in [-0.4, -0.2) is 24.7 Å². The van der Waals surface area contributed by atoms with Gasteiger partial charge in [0.2, 0.25) is 0 Å². The van der Waals surface area contributed by atoms with E-state index in [0.717, 1.165) is 5.39 Å². The molecule has 2 aromatic carbocycles. The number of alkyl halides is 1. The maximum Gasteiger partial charge on any atom is 0.294 e. The highest BCUT2D eigenvalue weighted by atomic mass is 35.5. The molecule has 2 aromatic rings. The standard InChI is InChI=1S/C12H11ClN2O3S/c13-7-12(14)15-11-3-1-2-8-4-5-9(6-10(8)11)19(16,17)18/h1-6H,7H2,(H2,14,15)(H,16,17,18). The van der Waals surface area contributed by atoms with Gasteiger partial charge in [0.15, 0.2) is 0 Å². The number of hydrogen-bond acceptors (Lipinski definition) is 3. The number of halogens is 1.